The van der Waals surface area contributed by atoms with Gasteiger partial charge in [-0.1, -0.05) is 12.1 Å². The van der Waals surface area contributed by atoms with Crippen molar-refractivity contribution in [3.63, 3.8) is 0 Å². The normalized spacial score (nSPS) is 13.5. The Hall–Kier alpha value is -2.54. The van der Waals surface area contributed by atoms with Gasteiger partial charge < -0.3 is 4.74 Å². The smallest absolute Gasteiger partial charge is 0.389 e. The third-order valence-electron chi connectivity index (χ3n) is 3.21. The number of ether oxygens (including phenoxy) is 1. The van der Waals surface area contributed by atoms with Gasteiger partial charge in [0, 0.05) is 12.8 Å². The van der Waals surface area contributed by atoms with Crippen molar-refractivity contribution in [2.75, 3.05) is 7.11 Å². The van der Waals surface area contributed by atoms with E-state index in [9.17, 15) is 23.2 Å². The molecule has 0 amide bonds. The van der Waals surface area contributed by atoms with Gasteiger partial charge in [-0.2, -0.15) is 23.7 Å². The zero-order chi connectivity index (χ0) is 16.8. The van der Waals surface area contributed by atoms with Crippen LogP contribution in [0.3, 0.4) is 0 Å². The van der Waals surface area contributed by atoms with Crippen LogP contribution in [0.25, 0.3) is 0 Å². The number of carbonyl (C=O) groups is 1. The maximum absolute atomic E-state index is 12.4. The molecule has 1 aromatic rings. The summed E-state index contributed by atoms with van der Waals surface area (Å²) >= 11 is 0. The first-order valence-corrected chi connectivity index (χ1v) is 6.32. The molecule has 0 N–H and O–H groups in total. The lowest BCUT2D eigenvalue weighted by Gasteiger charge is -2.24. The number of methoxy groups -OCH3 is 1. The van der Waals surface area contributed by atoms with Crippen LogP contribution in [-0.4, -0.2) is 19.3 Å². The highest BCUT2D eigenvalue weighted by molar-refractivity contribution is 5.80. The Balaban J connectivity index is 3.06. The average molecular weight is 310 g/mol. The monoisotopic (exact) mass is 310 g/mol. The summed E-state index contributed by atoms with van der Waals surface area (Å²) in [6.07, 6.45) is -6.62. The van der Waals surface area contributed by atoms with Crippen LogP contribution in [0.1, 0.15) is 24.0 Å². The topological polar surface area (TPSA) is 73.9 Å². The Kier molecular flexibility index (Phi) is 5.53. The Morgan fingerprint density at radius 2 is 1.77 bits per heavy atom. The summed E-state index contributed by atoms with van der Waals surface area (Å²) in [6.45, 7) is 0. The molecular formula is C15H13F3N2O2. The number of carbonyl (C=O) groups excluding carboxylic acids is 1. The molecule has 4 nitrogen and oxygen atoms in total. The number of nitriles is 2. The molecule has 0 spiro atoms. The zero-order valence-corrected chi connectivity index (χ0v) is 11.8. The van der Waals surface area contributed by atoms with Crippen molar-refractivity contribution >= 4 is 5.97 Å². The number of alkyl halides is 3. The third-order valence-corrected chi connectivity index (χ3v) is 3.21. The minimum Gasteiger partial charge on any atom is -0.468 e. The summed E-state index contributed by atoms with van der Waals surface area (Å²) in [6, 6.07) is 9.52. The lowest BCUT2D eigenvalue weighted by atomic mass is 9.79. The minimum atomic E-state index is -4.47. The highest BCUT2D eigenvalue weighted by Crippen LogP contribution is 2.34. The summed E-state index contributed by atoms with van der Waals surface area (Å²) in [7, 11) is 1.03. The average Bonchev–Trinajstić information content (AvgIpc) is 2.50. The number of esters is 1. The molecule has 0 aliphatic rings. The van der Waals surface area contributed by atoms with E-state index in [0.29, 0.717) is 11.1 Å². The van der Waals surface area contributed by atoms with E-state index in [0.717, 1.165) is 7.11 Å². The van der Waals surface area contributed by atoms with Crippen LogP contribution in [0.5, 0.6) is 0 Å². The van der Waals surface area contributed by atoms with Crippen molar-refractivity contribution in [3.05, 3.63) is 35.4 Å². The Morgan fingerprint density at radius 3 is 2.18 bits per heavy atom. The lowest BCUT2D eigenvalue weighted by molar-refractivity contribution is -0.156. The molecule has 1 atom stereocenters. The van der Waals surface area contributed by atoms with Crippen LogP contribution in [-0.2, 0) is 16.0 Å². The molecule has 0 fully saturated rings. The number of hydrogen-bond donors (Lipinski definition) is 0. The van der Waals surface area contributed by atoms with Crippen LogP contribution >= 0.6 is 0 Å². The number of nitrogens with zero attached hydrogens (tertiary/aromatic N) is 2. The van der Waals surface area contributed by atoms with Crippen molar-refractivity contribution in [2.45, 2.75) is 25.4 Å². The van der Waals surface area contributed by atoms with Gasteiger partial charge in [0.05, 0.1) is 24.8 Å². The molecule has 1 unspecified atom stereocenters. The second-order valence-corrected chi connectivity index (χ2v) is 4.79. The van der Waals surface area contributed by atoms with Gasteiger partial charge >= 0.3 is 12.1 Å². The second-order valence-electron chi connectivity index (χ2n) is 4.79. The van der Waals surface area contributed by atoms with E-state index < -0.39 is 30.4 Å². The summed E-state index contributed by atoms with van der Waals surface area (Å²) in [5.41, 5.74) is -1.05. The predicted molar refractivity (Wildman–Crippen MR) is 70.2 cm³/mol. The van der Waals surface area contributed by atoms with E-state index in [1.165, 1.54) is 24.3 Å². The summed E-state index contributed by atoms with van der Waals surface area (Å²) in [4.78, 5) is 11.8. The van der Waals surface area contributed by atoms with E-state index in [-0.39, 0.29) is 6.42 Å². The maximum Gasteiger partial charge on any atom is 0.389 e. The molecule has 0 saturated heterocycles. The van der Waals surface area contributed by atoms with Gasteiger partial charge in [0.15, 0.2) is 5.41 Å². The van der Waals surface area contributed by atoms with Crippen LogP contribution in [0.4, 0.5) is 13.2 Å². The fraction of sp³-hybridized carbons (Fsp3) is 0.400. The fourth-order valence-corrected chi connectivity index (χ4v) is 2.00. The lowest BCUT2D eigenvalue weighted by Crippen LogP contribution is -2.34. The molecule has 116 valence electrons. The zero-order valence-electron chi connectivity index (χ0n) is 11.8. The highest BCUT2D eigenvalue weighted by Gasteiger charge is 2.43. The first-order valence-electron chi connectivity index (χ1n) is 6.32. The maximum atomic E-state index is 12.4. The molecule has 0 bridgehead atoms. The van der Waals surface area contributed by atoms with Crippen LogP contribution in [0.2, 0.25) is 0 Å². The van der Waals surface area contributed by atoms with Gasteiger partial charge in [-0.05, 0) is 24.1 Å². The molecule has 0 saturated carbocycles. The van der Waals surface area contributed by atoms with E-state index in [1.807, 2.05) is 6.07 Å². The molecular weight excluding hydrogens is 297 g/mol. The molecule has 22 heavy (non-hydrogen) atoms. The third kappa shape index (κ3) is 4.49. The number of rotatable bonds is 5. The van der Waals surface area contributed by atoms with Gasteiger partial charge in [0.2, 0.25) is 0 Å². The molecule has 1 rings (SSSR count). The molecule has 0 aliphatic heterocycles. The van der Waals surface area contributed by atoms with Crippen LogP contribution in [0, 0.1) is 28.1 Å². The van der Waals surface area contributed by atoms with Gasteiger partial charge in [-0.3, -0.25) is 4.79 Å². The molecule has 1 aromatic carbocycles. The number of benzene rings is 1. The van der Waals surface area contributed by atoms with E-state index in [4.69, 9.17) is 5.26 Å². The molecule has 0 aromatic heterocycles. The van der Waals surface area contributed by atoms with E-state index in [1.54, 1.807) is 6.07 Å². The molecule has 0 heterocycles. The van der Waals surface area contributed by atoms with Crippen molar-refractivity contribution in [3.8, 4) is 12.1 Å². The first-order chi connectivity index (χ1) is 10.3. The van der Waals surface area contributed by atoms with E-state index in [2.05, 4.69) is 4.74 Å². The quantitative estimate of drug-likeness (QED) is 0.783. The van der Waals surface area contributed by atoms with Crippen molar-refractivity contribution < 1.29 is 22.7 Å². The van der Waals surface area contributed by atoms with Gasteiger partial charge in [0.1, 0.15) is 0 Å². The summed E-state index contributed by atoms with van der Waals surface area (Å²) in [5.74, 6) is -0.997. The van der Waals surface area contributed by atoms with Crippen molar-refractivity contribution in [1.29, 1.82) is 10.5 Å². The van der Waals surface area contributed by atoms with Gasteiger partial charge in [-0.25, -0.2) is 0 Å². The second kappa shape index (κ2) is 6.95. The SMILES string of the molecule is COC(=O)C(C#N)(CCC(F)(F)F)Cc1ccc(C#N)cc1. The molecule has 7 heteroatoms. The minimum absolute atomic E-state index is 0.210. The van der Waals surface area contributed by atoms with Crippen molar-refractivity contribution in [1.82, 2.24) is 0 Å². The summed E-state index contributed by atoms with van der Waals surface area (Å²) in [5, 5.41) is 18.0. The van der Waals surface area contributed by atoms with E-state index >= 15 is 0 Å². The number of halogens is 3. The standard InChI is InChI=1S/C15H13F3N2O2/c1-22-13(21)14(10-20,6-7-15(16,17)18)8-11-2-4-12(9-19)5-3-11/h2-5H,6-8H2,1H3. The van der Waals surface area contributed by atoms with Crippen LogP contribution < -0.4 is 0 Å². The largest absolute Gasteiger partial charge is 0.468 e. The Morgan fingerprint density at radius 1 is 1.18 bits per heavy atom. The predicted octanol–water partition coefficient (Wildman–Crippen LogP) is 3.13. The molecule has 0 aliphatic carbocycles. The Bertz CT molecular complexity index is 612. The van der Waals surface area contributed by atoms with Crippen molar-refractivity contribution in [2.24, 2.45) is 5.41 Å². The molecule has 0 radical (unpaired) electrons. The summed E-state index contributed by atoms with van der Waals surface area (Å²) < 4.78 is 41.8. The van der Waals surface area contributed by atoms with Gasteiger partial charge in [0.25, 0.3) is 0 Å². The van der Waals surface area contributed by atoms with Gasteiger partial charge in [-0.15, -0.1) is 0 Å². The Labute approximate surface area is 125 Å². The number of hydrogen-bond acceptors (Lipinski definition) is 4. The highest BCUT2D eigenvalue weighted by atomic mass is 19.4. The fourth-order valence-electron chi connectivity index (χ4n) is 2.00. The first kappa shape index (κ1) is 17.5. The van der Waals surface area contributed by atoms with Crippen LogP contribution in [0.15, 0.2) is 24.3 Å².